The molecule has 1 atom stereocenters. The van der Waals surface area contributed by atoms with Crippen LogP contribution in [0, 0.1) is 12.8 Å². The highest BCUT2D eigenvalue weighted by molar-refractivity contribution is 6.08. The lowest BCUT2D eigenvalue weighted by atomic mass is 9.89. The lowest BCUT2D eigenvalue weighted by Crippen LogP contribution is -2.42. The predicted molar refractivity (Wildman–Crippen MR) is 77.6 cm³/mol. The van der Waals surface area contributed by atoms with Crippen LogP contribution in [0.4, 0.5) is 5.69 Å². The molecular formula is C16H21NO3. The molecule has 0 saturated heterocycles. The molecular weight excluding hydrogens is 254 g/mol. The molecule has 1 unspecified atom stereocenters. The first kappa shape index (κ1) is 14.7. The van der Waals surface area contributed by atoms with E-state index in [1.807, 2.05) is 32.9 Å². The van der Waals surface area contributed by atoms with Crippen LogP contribution in [-0.4, -0.2) is 23.3 Å². The molecule has 2 rings (SSSR count). The highest BCUT2D eigenvalue weighted by Gasteiger charge is 2.50. The lowest BCUT2D eigenvalue weighted by molar-refractivity contribution is -0.141. The molecule has 1 heterocycles. The number of anilines is 1. The number of nitrogens with zero attached hydrogens (tertiary/aromatic N) is 1. The maximum absolute atomic E-state index is 12.6. The average molecular weight is 275 g/mol. The molecule has 20 heavy (non-hydrogen) atoms. The fraction of sp³-hybridized carbons (Fsp3) is 0.500. The number of ketones is 1. The highest BCUT2D eigenvalue weighted by atomic mass is 16.3. The van der Waals surface area contributed by atoms with Gasteiger partial charge in [-0.1, -0.05) is 31.5 Å². The molecule has 4 nitrogen and oxygen atoms in total. The van der Waals surface area contributed by atoms with E-state index in [2.05, 4.69) is 0 Å². The third-order valence-electron chi connectivity index (χ3n) is 3.54. The van der Waals surface area contributed by atoms with E-state index in [0.29, 0.717) is 12.1 Å². The Morgan fingerprint density at radius 3 is 2.60 bits per heavy atom. The van der Waals surface area contributed by atoms with Crippen LogP contribution >= 0.6 is 0 Å². The van der Waals surface area contributed by atoms with Gasteiger partial charge in [0.05, 0.1) is 5.69 Å². The van der Waals surface area contributed by atoms with Gasteiger partial charge in [-0.3, -0.25) is 9.59 Å². The molecule has 1 aromatic carbocycles. The van der Waals surface area contributed by atoms with Gasteiger partial charge in [-0.25, -0.2) is 0 Å². The van der Waals surface area contributed by atoms with Crippen molar-refractivity contribution in [1.29, 1.82) is 0 Å². The zero-order chi connectivity index (χ0) is 15.1. The second kappa shape index (κ2) is 5.02. The first-order valence-corrected chi connectivity index (χ1v) is 6.90. The molecule has 0 aliphatic carbocycles. The zero-order valence-electron chi connectivity index (χ0n) is 12.4. The van der Waals surface area contributed by atoms with Gasteiger partial charge in [0.15, 0.2) is 5.60 Å². The van der Waals surface area contributed by atoms with Crippen molar-refractivity contribution in [2.24, 2.45) is 5.92 Å². The third kappa shape index (κ3) is 2.36. The molecule has 0 aromatic heterocycles. The molecule has 0 fully saturated rings. The molecule has 108 valence electrons. The molecule has 1 amide bonds. The summed E-state index contributed by atoms with van der Waals surface area (Å²) in [6, 6.07) is 5.57. The van der Waals surface area contributed by atoms with Crippen molar-refractivity contribution in [2.75, 3.05) is 11.4 Å². The topological polar surface area (TPSA) is 57.6 Å². The number of amides is 1. The number of hydrogen-bond donors (Lipinski definition) is 1. The maximum Gasteiger partial charge on any atom is 0.264 e. The van der Waals surface area contributed by atoms with Gasteiger partial charge in [-0.05, 0) is 25.8 Å². The number of aliphatic hydroxyl groups is 1. The van der Waals surface area contributed by atoms with Crippen LogP contribution in [0.25, 0.3) is 0 Å². The van der Waals surface area contributed by atoms with Gasteiger partial charge in [0.25, 0.3) is 5.91 Å². The number of carbonyl (C=O) groups excluding carboxylic acids is 2. The summed E-state index contributed by atoms with van der Waals surface area (Å²) in [5, 5.41) is 10.8. The largest absolute Gasteiger partial charge is 0.375 e. The number of fused-ring (bicyclic) bond motifs is 1. The summed E-state index contributed by atoms with van der Waals surface area (Å²) in [5.74, 6) is -0.297. The molecule has 1 aliphatic heterocycles. The van der Waals surface area contributed by atoms with Crippen molar-refractivity contribution >= 4 is 17.4 Å². The Morgan fingerprint density at radius 1 is 1.40 bits per heavy atom. The summed E-state index contributed by atoms with van der Waals surface area (Å²) >= 11 is 0. The van der Waals surface area contributed by atoms with E-state index in [1.165, 1.54) is 6.92 Å². The number of Topliss-reactive ketones (excluding diaryl/α,β-unsaturated/α-hetero) is 1. The van der Waals surface area contributed by atoms with Crippen molar-refractivity contribution < 1.29 is 14.7 Å². The van der Waals surface area contributed by atoms with Crippen molar-refractivity contribution in [3.8, 4) is 0 Å². The molecule has 0 spiro atoms. The minimum absolute atomic E-state index is 0.170. The number of hydrogen-bond acceptors (Lipinski definition) is 3. The predicted octanol–water partition coefficient (Wildman–Crippen LogP) is 2.16. The second-order valence-electron chi connectivity index (χ2n) is 6.07. The summed E-state index contributed by atoms with van der Waals surface area (Å²) in [5.41, 5.74) is 0.531. The third-order valence-corrected chi connectivity index (χ3v) is 3.54. The summed E-state index contributed by atoms with van der Waals surface area (Å²) in [4.78, 5) is 25.6. The SMILES string of the molecule is CC(=O)CC1(O)C(=O)N(CC(C)C)c2ccc(C)cc21. The van der Waals surface area contributed by atoms with Gasteiger partial charge in [0.2, 0.25) is 0 Å². The van der Waals surface area contributed by atoms with Crippen molar-refractivity contribution in [3.05, 3.63) is 29.3 Å². The number of rotatable bonds is 4. The number of benzene rings is 1. The zero-order valence-corrected chi connectivity index (χ0v) is 12.4. The Hall–Kier alpha value is -1.68. The Labute approximate surface area is 119 Å². The van der Waals surface area contributed by atoms with Gasteiger partial charge in [-0.15, -0.1) is 0 Å². The van der Waals surface area contributed by atoms with Crippen molar-refractivity contribution in [3.63, 3.8) is 0 Å². The quantitative estimate of drug-likeness (QED) is 0.916. The maximum atomic E-state index is 12.6. The fourth-order valence-electron chi connectivity index (χ4n) is 2.74. The van der Waals surface area contributed by atoms with E-state index >= 15 is 0 Å². The standard InChI is InChI=1S/C16H21NO3/c1-10(2)9-17-14-6-5-11(3)7-13(14)16(20,15(17)19)8-12(4)18/h5-7,10,20H,8-9H2,1-4H3. The molecule has 1 aromatic rings. The van der Waals surface area contributed by atoms with Crippen LogP contribution in [-0.2, 0) is 15.2 Å². The van der Waals surface area contributed by atoms with E-state index in [9.17, 15) is 14.7 Å². The first-order chi connectivity index (χ1) is 9.25. The Kier molecular flexibility index (Phi) is 3.69. The molecule has 1 aliphatic rings. The Morgan fingerprint density at radius 2 is 2.05 bits per heavy atom. The van der Waals surface area contributed by atoms with Gasteiger partial charge in [-0.2, -0.15) is 0 Å². The van der Waals surface area contributed by atoms with Crippen LogP contribution < -0.4 is 4.90 Å². The highest BCUT2D eigenvalue weighted by Crippen LogP contribution is 2.43. The van der Waals surface area contributed by atoms with Crippen LogP contribution in [0.3, 0.4) is 0 Å². The Bertz CT molecular complexity index is 565. The molecule has 0 saturated carbocycles. The lowest BCUT2D eigenvalue weighted by Gasteiger charge is -2.23. The number of carbonyl (C=O) groups is 2. The summed E-state index contributed by atoms with van der Waals surface area (Å²) in [7, 11) is 0. The van der Waals surface area contributed by atoms with Crippen molar-refractivity contribution in [1.82, 2.24) is 0 Å². The monoisotopic (exact) mass is 275 g/mol. The minimum Gasteiger partial charge on any atom is -0.375 e. The summed E-state index contributed by atoms with van der Waals surface area (Å²) in [6.07, 6.45) is -0.170. The first-order valence-electron chi connectivity index (χ1n) is 6.90. The minimum atomic E-state index is -1.71. The average Bonchev–Trinajstić information content (AvgIpc) is 2.50. The fourth-order valence-corrected chi connectivity index (χ4v) is 2.74. The molecule has 0 bridgehead atoms. The number of aryl methyl sites for hydroxylation is 1. The van der Waals surface area contributed by atoms with E-state index in [4.69, 9.17) is 0 Å². The van der Waals surface area contributed by atoms with E-state index < -0.39 is 5.60 Å². The van der Waals surface area contributed by atoms with Gasteiger partial charge < -0.3 is 10.0 Å². The molecule has 4 heteroatoms. The van der Waals surface area contributed by atoms with E-state index in [1.54, 1.807) is 11.0 Å². The molecule has 1 N–H and O–H groups in total. The second-order valence-corrected chi connectivity index (χ2v) is 6.07. The molecule has 0 radical (unpaired) electrons. The van der Waals surface area contributed by atoms with Crippen LogP contribution in [0.2, 0.25) is 0 Å². The summed E-state index contributed by atoms with van der Waals surface area (Å²) < 4.78 is 0. The van der Waals surface area contributed by atoms with Gasteiger partial charge >= 0.3 is 0 Å². The Balaban J connectivity index is 2.54. The van der Waals surface area contributed by atoms with E-state index in [-0.39, 0.29) is 24.0 Å². The van der Waals surface area contributed by atoms with Crippen LogP contribution in [0.5, 0.6) is 0 Å². The van der Waals surface area contributed by atoms with Crippen molar-refractivity contribution in [2.45, 2.75) is 39.7 Å². The van der Waals surface area contributed by atoms with E-state index in [0.717, 1.165) is 11.3 Å². The van der Waals surface area contributed by atoms with Gasteiger partial charge in [0.1, 0.15) is 5.78 Å². The van der Waals surface area contributed by atoms with Crippen LogP contribution in [0.15, 0.2) is 18.2 Å². The van der Waals surface area contributed by atoms with Crippen LogP contribution in [0.1, 0.15) is 38.3 Å². The van der Waals surface area contributed by atoms with Gasteiger partial charge in [0, 0.05) is 18.5 Å². The normalized spacial score (nSPS) is 21.5. The summed E-state index contributed by atoms with van der Waals surface area (Å²) in [6.45, 7) is 7.87. The smallest absolute Gasteiger partial charge is 0.264 e.